The predicted molar refractivity (Wildman–Crippen MR) is 77.7 cm³/mol. The van der Waals surface area contributed by atoms with E-state index >= 15 is 0 Å². The lowest BCUT2D eigenvalue weighted by Gasteiger charge is -2.22. The molecule has 2 rings (SSSR count). The molecule has 0 spiro atoms. The zero-order chi connectivity index (χ0) is 14.0. The van der Waals surface area contributed by atoms with Crippen LogP contribution in [0.5, 0.6) is 5.75 Å². The molecule has 19 heavy (non-hydrogen) atoms. The van der Waals surface area contributed by atoms with Crippen LogP contribution in [0.4, 0.5) is 0 Å². The number of methoxy groups -OCH3 is 1. The van der Waals surface area contributed by atoms with E-state index in [1.165, 1.54) is 12.8 Å². The quantitative estimate of drug-likeness (QED) is 0.829. The predicted octanol–water partition coefficient (Wildman–Crippen LogP) is 2.99. The molecule has 0 bridgehead atoms. The minimum absolute atomic E-state index is 0.0842. The number of ether oxygens (including phenoxy) is 1. The van der Waals surface area contributed by atoms with E-state index in [0.717, 1.165) is 16.9 Å². The van der Waals surface area contributed by atoms with Gasteiger partial charge in [0.25, 0.3) is 0 Å². The minimum Gasteiger partial charge on any atom is -0.496 e. The van der Waals surface area contributed by atoms with Gasteiger partial charge < -0.3 is 15.2 Å². The molecule has 2 atom stereocenters. The second-order valence-electron chi connectivity index (χ2n) is 5.83. The second-order valence-corrected chi connectivity index (χ2v) is 5.83. The van der Waals surface area contributed by atoms with E-state index in [0.29, 0.717) is 12.0 Å². The highest BCUT2D eigenvalue weighted by molar-refractivity contribution is 5.40. The molecule has 2 unspecified atom stereocenters. The SMILES string of the molecule is COc1ccc(C(O)C(C)NC2CC2)cc1C(C)C. The Hall–Kier alpha value is -1.06. The van der Waals surface area contributed by atoms with Gasteiger partial charge in [-0.1, -0.05) is 19.9 Å². The van der Waals surface area contributed by atoms with Gasteiger partial charge in [0.05, 0.1) is 13.2 Å². The third-order valence-corrected chi connectivity index (χ3v) is 3.77. The fraction of sp³-hybridized carbons (Fsp3) is 0.625. The van der Waals surface area contributed by atoms with Gasteiger partial charge in [0.2, 0.25) is 0 Å². The van der Waals surface area contributed by atoms with Crippen LogP contribution < -0.4 is 10.1 Å². The minimum atomic E-state index is -0.469. The zero-order valence-electron chi connectivity index (χ0n) is 12.3. The van der Waals surface area contributed by atoms with E-state index in [2.05, 4.69) is 25.2 Å². The number of aliphatic hydroxyl groups excluding tert-OH is 1. The number of rotatable bonds is 6. The first-order valence-corrected chi connectivity index (χ1v) is 7.15. The Morgan fingerprint density at radius 2 is 1.95 bits per heavy atom. The van der Waals surface area contributed by atoms with Crippen LogP contribution in [0.15, 0.2) is 18.2 Å². The van der Waals surface area contributed by atoms with Gasteiger partial charge in [0, 0.05) is 12.1 Å². The number of hydrogen-bond donors (Lipinski definition) is 2. The molecule has 0 radical (unpaired) electrons. The number of benzene rings is 1. The van der Waals surface area contributed by atoms with E-state index in [4.69, 9.17) is 4.74 Å². The fourth-order valence-corrected chi connectivity index (χ4v) is 2.39. The smallest absolute Gasteiger partial charge is 0.122 e. The Morgan fingerprint density at radius 3 is 2.47 bits per heavy atom. The summed E-state index contributed by atoms with van der Waals surface area (Å²) in [6, 6.07) is 6.67. The molecule has 106 valence electrons. The highest BCUT2D eigenvalue weighted by Crippen LogP contribution is 2.31. The molecule has 1 aliphatic carbocycles. The molecule has 0 aromatic heterocycles. The number of hydrogen-bond acceptors (Lipinski definition) is 3. The summed E-state index contributed by atoms with van der Waals surface area (Å²) in [7, 11) is 1.69. The molecule has 1 saturated carbocycles. The Balaban J connectivity index is 2.16. The van der Waals surface area contributed by atoms with Crippen LogP contribution in [0.25, 0.3) is 0 Å². The summed E-state index contributed by atoms with van der Waals surface area (Å²) in [5.74, 6) is 1.28. The highest BCUT2D eigenvalue weighted by Gasteiger charge is 2.26. The molecule has 1 fully saturated rings. The Bertz CT molecular complexity index is 427. The van der Waals surface area contributed by atoms with Gasteiger partial charge in [0.1, 0.15) is 5.75 Å². The molecule has 0 saturated heterocycles. The third-order valence-electron chi connectivity index (χ3n) is 3.77. The van der Waals surface area contributed by atoms with Crippen LogP contribution in [0, 0.1) is 0 Å². The van der Waals surface area contributed by atoms with Gasteiger partial charge in [0.15, 0.2) is 0 Å². The fourth-order valence-electron chi connectivity index (χ4n) is 2.39. The molecular formula is C16H25NO2. The Labute approximate surface area is 116 Å². The summed E-state index contributed by atoms with van der Waals surface area (Å²) in [5.41, 5.74) is 2.11. The first-order chi connectivity index (χ1) is 9.02. The normalized spacial score (nSPS) is 18.4. The van der Waals surface area contributed by atoms with Crippen molar-refractivity contribution in [2.24, 2.45) is 0 Å². The van der Waals surface area contributed by atoms with Gasteiger partial charge >= 0.3 is 0 Å². The lowest BCUT2D eigenvalue weighted by molar-refractivity contribution is 0.135. The van der Waals surface area contributed by atoms with Crippen LogP contribution in [0.2, 0.25) is 0 Å². The van der Waals surface area contributed by atoms with Gasteiger partial charge in [-0.05, 0) is 48.9 Å². The molecular weight excluding hydrogens is 238 g/mol. The van der Waals surface area contributed by atoms with Crippen molar-refractivity contribution < 1.29 is 9.84 Å². The van der Waals surface area contributed by atoms with Gasteiger partial charge in [-0.15, -0.1) is 0 Å². The Kier molecular flexibility index (Phi) is 4.48. The summed E-state index contributed by atoms with van der Waals surface area (Å²) in [4.78, 5) is 0. The molecule has 0 aliphatic heterocycles. The maximum Gasteiger partial charge on any atom is 0.122 e. The van der Waals surface area contributed by atoms with Crippen molar-refractivity contribution in [1.29, 1.82) is 0 Å². The van der Waals surface area contributed by atoms with Crippen LogP contribution in [0.1, 0.15) is 56.8 Å². The summed E-state index contributed by atoms with van der Waals surface area (Å²) in [6.07, 6.45) is 2.00. The van der Waals surface area contributed by atoms with Crippen molar-refractivity contribution >= 4 is 0 Å². The molecule has 0 amide bonds. The lowest BCUT2D eigenvalue weighted by Crippen LogP contribution is -2.33. The van der Waals surface area contributed by atoms with Crippen molar-refractivity contribution in [3.05, 3.63) is 29.3 Å². The molecule has 3 nitrogen and oxygen atoms in total. The van der Waals surface area contributed by atoms with Crippen LogP contribution in [0.3, 0.4) is 0 Å². The first kappa shape index (κ1) is 14.4. The standard InChI is InChI=1S/C16H25NO2/c1-10(2)14-9-12(5-8-15(14)19-4)16(18)11(3)17-13-6-7-13/h5,8-11,13,16-18H,6-7H2,1-4H3. The first-order valence-electron chi connectivity index (χ1n) is 7.15. The highest BCUT2D eigenvalue weighted by atomic mass is 16.5. The second kappa shape index (κ2) is 5.93. The molecule has 2 N–H and O–H groups in total. The van der Waals surface area contributed by atoms with E-state index in [9.17, 15) is 5.11 Å². The van der Waals surface area contributed by atoms with Crippen molar-refractivity contribution in [2.45, 2.75) is 57.7 Å². The average molecular weight is 263 g/mol. The van der Waals surface area contributed by atoms with E-state index in [-0.39, 0.29) is 6.04 Å². The van der Waals surface area contributed by atoms with E-state index in [1.807, 2.05) is 19.1 Å². The van der Waals surface area contributed by atoms with Crippen molar-refractivity contribution in [2.75, 3.05) is 7.11 Å². The van der Waals surface area contributed by atoms with Crippen LogP contribution in [-0.2, 0) is 0 Å². The molecule has 1 aromatic rings. The third kappa shape index (κ3) is 3.48. The van der Waals surface area contributed by atoms with E-state index < -0.39 is 6.10 Å². The molecule has 1 aliphatic rings. The molecule has 0 heterocycles. The van der Waals surface area contributed by atoms with Gasteiger partial charge in [-0.2, -0.15) is 0 Å². The van der Waals surface area contributed by atoms with Crippen LogP contribution in [-0.4, -0.2) is 24.3 Å². The summed E-state index contributed by atoms with van der Waals surface area (Å²) >= 11 is 0. The molecule has 1 aromatic carbocycles. The number of nitrogens with one attached hydrogen (secondary N) is 1. The maximum absolute atomic E-state index is 10.4. The van der Waals surface area contributed by atoms with Gasteiger partial charge in [-0.25, -0.2) is 0 Å². The lowest BCUT2D eigenvalue weighted by atomic mass is 9.95. The van der Waals surface area contributed by atoms with Crippen molar-refractivity contribution in [3.63, 3.8) is 0 Å². The van der Waals surface area contributed by atoms with E-state index in [1.54, 1.807) is 7.11 Å². The largest absolute Gasteiger partial charge is 0.496 e. The average Bonchev–Trinajstić information content (AvgIpc) is 3.20. The number of aliphatic hydroxyl groups is 1. The Morgan fingerprint density at radius 1 is 1.26 bits per heavy atom. The summed E-state index contributed by atoms with van der Waals surface area (Å²) in [6.45, 7) is 6.32. The summed E-state index contributed by atoms with van der Waals surface area (Å²) in [5, 5.41) is 13.9. The maximum atomic E-state index is 10.4. The summed E-state index contributed by atoms with van der Waals surface area (Å²) < 4.78 is 5.38. The van der Waals surface area contributed by atoms with Crippen molar-refractivity contribution in [1.82, 2.24) is 5.32 Å². The van der Waals surface area contributed by atoms with Gasteiger partial charge in [-0.3, -0.25) is 0 Å². The van der Waals surface area contributed by atoms with Crippen molar-refractivity contribution in [3.8, 4) is 5.75 Å². The topological polar surface area (TPSA) is 41.5 Å². The van der Waals surface area contributed by atoms with Crippen LogP contribution >= 0.6 is 0 Å². The molecule has 3 heteroatoms. The zero-order valence-corrected chi connectivity index (χ0v) is 12.3. The monoisotopic (exact) mass is 263 g/mol.